The number of nitrogens with zero attached hydrogens (tertiary/aromatic N) is 4. The molecule has 0 atom stereocenters. The maximum Gasteiger partial charge on any atom is 0.166 e. The molecule has 0 amide bonds. The second kappa shape index (κ2) is 5.75. The molecule has 5 heteroatoms. The average Bonchev–Trinajstić information content (AvgIpc) is 3.15. The lowest BCUT2D eigenvalue weighted by Crippen LogP contribution is -2.04. The summed E-state index contributed by atoms with van der Waals surface area (Å²) >= 11 is 0. The molecule has 0 saturated heterocycles. The van der Waals surface area contributed by atoms with Gasteiger partial charge in [0.05, 0.1) is 17.4 Å². The third-order valence-electron chi connectivity index (χ3n) is 3.42. The van der Waals surface area contributed by atoms with Gasteiger partial charge < -0.3 is 4.57 Å². The van der Waals surface area contributed by atoms with Crippen molar-refractivity contribution < 1.29 is 4.79 Å². The number of imidazole rings is 1. The molecule has 0 N–H and O–H groups in total. The fourth-order valence-corrected chi connectivity index (χ4v) is 2.20. The molecular formula is C16H16N4O. The largest absolute Gasteiger partial charge is 0.338 e. The minimum absolute atomic E-state index is 0.0835. The number of carbonyl (C=O) groups excluding carboxylic acids is 1. The highest BCUT2D eigenvalue weighted by Crippen LogP contribution is 2.10. The van der Waals surface area contributed by atoms with E-state index < -0.39 is 0 Å². The Morgan fingerprint density at radius 3 is 2.76 bits per heavy atom. The van der Waals surface area contributed by atoms with E-state index in [0.29, 0.717) is 18.4 Å². The Kier molecular flexibility index (Phi) is 3.64. The number of ketones is 1. The molecule has 2 heterocycles. The topological polar surface area (TPSA) is 52.7 Å². The molecule has 0 fully saturated rings. The Labute approximate surface area is 122 Å². The van der Waals surface area contributed by atoms with Gasteiger partial charge in [0.15, 0.2) is 5.78 Å². The summed E-state index contributed by atoms with van der Waals surface area (Å²) in [5.41, 5.74) is 1.58. The van der Waals surface area contributed by atoms with Crippen LogP contribution in [-0.4, -0.2) is 25.1 Å². The first-order chi connectivity index (χ1) is 10.2. The molecule has 0 saturated carbocycles. The van der Waals surface area contributed by atoms with Crippen LogP contribution in [0.15, 0.2) is 55.1 Å². The highest BCUT2D eigenvalue weighted by atomic mass is 16.1. The maximum absolute atomic E-state index is 12.2. The summed E-state index contributed by atoms with van der Waals surface area (Å²) in [6.45, 7) is 0. The van der Waals surface area contributed by atoms with Gasteiger partial charge in [0, 0.05) is 38.5 Å². The van der Waals surface area contributed by atoms with Gasteiger partial charge in [-0.1, -0.05) is 18.2 Å². The smallest absolute Gasteiger partial charge is 0.166 e. The maximum atomic E-state index is 12.2. The first kappa shape index (κ1) is 13.3. The molecule has 0 spiro atoms. The molecule has 3 aromatic rings. The molecule has 1 aromatic carbocycles. The Bertz CT molecular complexity index is 742. The van der Waals surface area contributed by atoms with Crippen molar-refractivity contribution in [3.8, 4) is 5.69 Å². The van der Waals surface area contributed by atoms with E-state index >= 15 is 0 Å². The number of benzene rings is 1. The van der Waals surface area contributed by atoms with Crippen molar-refractivity contribution in [2.75, 3.05) is 0 Å². The van der Waals surface area contributed by atoms with Crippen LogP contribution in [0.4, 0.5) is 0 Å². The van der Waals surface area contributed by atoms with E-state index in [4.69, 9.17) is 0 Å². The standard InChI is InChI=1S/C16H16N4O/c1-19-10-9-17-16(19)8-7-15(21)13-11-18-20(12-13)14-5-3-2-4-6-14/h2-6,9-12H,7-8H2,1H3. The van der Waals surface area contributed by atoms with Gasteiger partial charge in [-0.2, -0.15) is 5.10 Å². The van der Waals surface area contributed by atoms with Crippen LogP contribution >= 0.6 is 0 Å². The number of aromatic nitrogens is 4. The van der Waals surface area contributed by atoms with Crippen molar-refractivity contribution in [1.29, 1.82) is 0 Å². The molecule has 5 nitrogen and oxygen atoms in total. The fourth-order valence-electron chi connectivity index (χ4n) is 2.20. The summed E-state index contributed by atoms with van der Waals surface area (Å²) in [7, 11) is 1.93. The zero-order valence-electron chi connectivity index (χ0n) is 11.8. The summed E-state index contributed by atoms with van der Waals surface area (Å²) < 4.78 is 3.65. The Morgan fingerprint density at radius 2 is 2.05 bits per heavy atom. The third-order valence-corrected chi connectivity index (χ3v) is 3.42. The second-order valence-electron chi connectivity index (χ2n) is 4.89. The molecule has 0 unspecified atom stereocenters. The summed E-state index contributed by atoms with van der Waals surface area (Å²) in [4.78, 5) is 16.4. The summed E-state index contributed by atoms with van der Waals surface area (Å²) in [5.74, 6) is 0.999. The van der Waals surface area contributed by atoms with Crippen molar-refractivity contribution in [1.82, 2.24) is 19.3 Å². The molecule has 2 aromatic heterocycles. The van der Waals surface area contributed by atoms with Gasteiger partial charge in [-0.15, -0.1) is 0 Å². The molecule has 0 aliphatic heterocycles. The summed E-state index contributed by atoms with van der Waals surface area (Å²) in [6, 6.07) is 9.75. The van der Waals surface area contributed by atoms with Crippen molar-refractivity contribution in [2.24, 2.45) is 7.05 Å². The van der Waals surface area contributed by atoms with Crippen molar-refractivity contribution in [3.63, 3.8) is 0 Å². The first-order valence-corrected chi connectivity index (χ1v) is 6.83. The number of Topliss-reactive ketones (excluding diaryl/α,β-unsaturated/α-hetero) is 1. The minimum Gasteiger partial charge on any atom is -0.338 e. The van der Waals surface area contributed by atoms with Gasteiger partial charge in [0.1, 0.15) is 5.82 Å². The van der Waals surface area contributed by atoms with E-state index in [1.165, 1.54) is 0 Å². The van der Waals surface area contributed by atoms with Crippen molar-refractivity contribution in [2.45, 2.75) is 12.8 Å². The van der Waals surface area contributed by atoms with Gasteiger partial charge in [-0.25, -0.2) is 9.67 Å². The highest BCUT2D eigenvalue weighted by Gasteiger charge is 2.11. The number of para-hydroxylation sites is 1. The van der Waals surface area contributed by atoms with E-state index in [-0.39, 0.29) is 5.78 Å². The van der Waals surface area contributed by atoms with Crippen LogP contribution in [0.25, 0.3) is 5.69 Å². The van der Waals surface area contributed by atoms with Gasteiger partial charge in [-0.3, -0.25) is 4.79 Å². The lowest BCUT2D eigenvalue weighted by Gasteiger charge is -2.00. The van der Waals surface area contributed by atoms with Crippen LogP contribution in [0.3, 0.4) is 0 Å². The summed E-state index contributed by atoms with van der Waals surface area (Å²) in [5, 5.41) is 4.25. The number of hydrogen-bond donors (Lipinski definition) is 0. The van der Waals surface area contributed by atoms with Crippen LogP contribution in [-0.2, 0) is 13.5 Å². The van der Waals surface area contributed by atoms with Crippen LogP contribution in [0.2, 0.25) is 0 Å². The molecule has 0 aliphatic rings. The van der Waals surface area contributed by atoms with Crippen molar-refractivity contribution >= 4 is 5.78 Å². The third kappa shape index (κ3) is 2.91. The van der Waals surface area contributed by atoms with E-state index in [0.717, 1.165) is 11.5 Å². The molecule has 0 bridgehead atoms. The van der Waals surface area contributed by atoms with E-state index in [1.54, 1.807) is 23.3 Å². The number of carbonyl (C=O) groups is 1. The van der Waals surface area contributed by atoms with Gasteiger partial charge in [0.2, 0.25) is 0 Å². The fraction of sp³-hybridized carbons (Fsp3) is 0.188. The predicted octanol–water partition coefficient (Wildman–Crippen LogP) is 2.42. The van der Waals surface area contributed by atoms with Gasteiger partial charge in [-0.05, 0) is 12.1 Å². The quantitative estimate of drug-likeness (QED) is 0.674. The van der Waals surface area contributed by atoms with Crippen LogP contribution in [0.5, 0.6) is 0 Å². The molecular weight excluding hydrogens is 264 g/mol. The van der Waals surface area contributed by atoms with Gasteiger partial charge in [0.25, 0.3) is 0 Å². The normalized spacial score (nSPS) is 10.7. The minimum atomic E-state index is 0.0835. The van der Waals surface area contributed by atoms with Crippen LogP contribution in [0.1, 0.15) is 22.6 Å². The highest BCUT2D eigenvalue weighted by molar-refractivity contribution is 5.95. The molecule has 106 valence electrons. The van der Waals surface area contributed by atoms with Crippen LogP contribution < -0.4 is 0 Å². The zero-order chi connectivity index (χ0) is 14.7. The Hall–Kier alpha value is -2.69. The SMILES string of the molecule is Cn1ccnc1CCC(=O)c1cnn(-c2ccccc2)c1. The van der Waals surface area contributed by atoms with E-state index in [1.807, 2.05) is 48.1 Å². The average molecular weight is 280 g/mol. The summed E-state index contributed by atoms with van der Waals surface area (Å²) in [6.07, 6.45) is 8.09. The first-order valence-electron chi connectivity index (χ1n) is 6.83. The monoisotopic (exact) mass is 280 g/mol. The van der Waals surface area contributed by atoms with Crippen molar-refractivity contribution in [3.05, 3.63) is 66.5 Å². The molecule has 21 heavy (non-hydrogen) atoms. The Morgan fingerprint density at radius 1 is 1.24 bits per heavy atom. The lowest BCUT2D eigenvalue weighted by atomic mass is 10.1. The zero-order valence-corrected chi connectivity index (χ0v) is 11.8. The molecule has 3 rings (SSSR count). The number of aryl methyl sites for hydroxylation is 2. The number of hydrogen-bond acceptors (Lipinski definition) is 3. The lowest BCUT2D eigenvalue weighted by molar-refractivity contribution is 0.0982. The molecule has 0 aliphatic carbocycles. The van der Waals surface area contributed by atoms with Gasteiger partial charge >= 0.3 is 0 Å². The van der Waals surface area contributed by atoms with E-state index in [2.05, 4.69) is 10.1 Å². The Balaban J connectivity index is 1.69. The van der Waals surface area contributed by atoms with E-state index in [9.17, 15) is 4.79 Å². The number of rotatable bonds is 5. The van der Waals surface area contributed by atoms with Crippen LogP contribution in [0, 0.1) is 0 Å². The predicted molar refractivity (Wildman–Crippen MR) is 79.4 cm³/mol. The second-order valence-corrected chi connectivity index (χ2v) is 4.89. The molecule has 0 radical (unpaired) electrons.